The van der Waals surface area contributed by atoms with E-state index in [1.54, 1.807) is 7.11 Å². The maximum atomic E-state index is 11.2. The molecule has 2 atom stereocenters. The summed E-state index contributed by atoms with van der Waals surface area (Å²) in [7, 11) is 1.60. The number of ether oxygens (including phenoxy) is 2. The van der Waals surface area contributed by atoms with Gasteiger partial charge in [-0.1, -0.05) is 67.1 Å². The Morgan fingerprint density at radius 1 is 0.962 bits per heavy atom. The molecule has 0 aromatic heterocycles. The van der Waals surface area contributed by atoms with Gasteiger partial charge in [-0.05, 0) is 31.5 Å². The summed E-state index contributed by atoms with van der Waals surface area (Å²) in [4.78, 5) is 2.42. The van der Waals surface area contributed by atoms with Crippen molar-refractivity contribution in [1.82, 2.24) is 4.90 Å². The average Bonchev–Trinajstić information content (AvgIpc) is 2.73. The molecule has 2 aromatic carbocycles. The van der Waals surface area contributed by atoms with E-state index in [0.717, 1.165) is 30.8 Å². The Kier molecular flexibility index (Phi) is 6.80. The highest BCUT2D eigenvalue weighted by atomic mass is 16.7. The lowest BCUT2D eigenvalue weighted by Crippen LogP contribution is -2.41. The zero-order valence-corrected chi connectivity index (χ0v) is 15.5. The van der Waals surface area contributed by atoms with E-state index in [1.807, 2.05) is 60.7 Å². The molecule has 0 spiro atoms. The molecule has 1 N–H and O–H groups in total. The van der Waals surface area contributed by atoms with Gasteiger partial charge >= 0.3 is 0 Å². The first-order chi connectivity index (χ1) is 12.8. The Labute approximate surface area is 156 Å². The van der Waals surface area contributed by atoms with Gasteiger partial charge in [0.2, 0.25) is 5.79 Å². The summed E-state index contributed by atoms with van der Waals surface area (Å²) in [6.07, 6.45) is 2.90. The van der Waals surface area contributed by atoms with Crippen LogP contribution in [-0.2, 0) is 15.3 Å². The molecule has 26 heavy (non-hydrogen) atoms. The maximum absolute atomic E-state index is 11.2. The number of piperidine rings is 1. The van der Waals surface area contributed by atoms with Crippen LogP contribution in [0.5, 0.6) is 0 Å². The number of rotatable bonds is 8. The Bertz CT molecular complexity index is 643. The van der Waals surface area contributed by atoms with Crippen molar-refractivity contribution in [3.63, 3.8) is 0 Å². The maximum Gasteiger partial charge on any atom is 0.225 e. The van der Waals surface area contributed by atoms with Crippen molar-refractivity contribution in [2.75, 3.05) is 33.4 Å². The second-order valence-electron chi connectivity index (χ2n) is 6.80. The van der Waals surface area contributed by atoms with Gasteiger partial charge in [0.25, 0.3) is 0 Å². The third-order valence-electron chi connectivity index (χ3n) is 5.13. The molecular formula is C22H29NO3. The molecule has 2 unspecified atom stereocenters. The SMILES string of the molecule is COC(OCCN1CCCCC1)(c1ccccc1)C(O)c1ccccc1. The van der Waals surface area contributed by atoms with Gasteiger partial charge in [-0.25, -0.2) is 0 Å². The highest BCUT2D eigenvalue weighted by Crippen LogP contribution is 2.39. The lowest BCUT2D eigenvalue weighted by molar-refractivity contribution is -0.285. The molecular weight excluding hydrogens is 326 g/mol. The van der Waals surface area contributed by atoms with Crippen LogP contribution in [0.3, 0.4) is 0 Å². The molecule has 1 fully saturated rings. The van der Waals surface area contributed by atoms with Crippen molar-refractivity contribution in [3.8, 4) is 0 Å². The number of benzene rings is 2. The lowest BCUT2D eigenvalue weighted by atomic mass is 9.94. The van der Waals surface area contributed by atoms with Gasteiger partial charge in [-0.3, -0.25) is 0 Å². The fourth-order valence-electron chi connectivity index (χ4n) is 3.64. The van der Waals surface area contributed by atoms with E-state index in [1.165, 1.54) is 19.3 Å². The summed E-state index contributed by atoms with van der Waals surface area (Å²) < 4.78 is 12.1. The highest BCUT2D eigenvalue weighted by Gasteiger charge is 2.42. The number of aliphatic hydroxyl groups excluding tert-OH is 1. The number of methoxy groups -OCH3 is 1. The summed E-state index contributed by atoms with van der Waals surface area (Å²) >= 11 is 0. The largest absolute Gasteiger partial charge is 0.382 e. The van der Waals surface area contributed by atoms with Gasteiger partial charge < -0.3 is 19.5 Å². The van der Waals surface area contributed by atoms with E-state index in [0.29, 0.717) is 6.61 Å². The zero-order chi connectivity index (χ0) is 18.2. The quantitative estimate of drug-likeness (QED) is 0.733. The Morgan fingerprint density at radius 3 is 2.19 bits per heavy atom. The van der Waals surface area contributed by atoms with E-state index in [4.69, 9.17) is 9.47 Å². The molecule has 4 nitrogen and oxygen atoms in total. The third-order valence-corrected chi connectivity index (χ3v) is 5.13. The minimum absolute atomic E-state index is 0.507. The van der Waals surface area contributed by atoms with Gasteiger partial charge in [0.15, 0.2) is 0 Å². The molecule has 0 saturated carbocycles. The lowest BCUT2D eigenvalue weighted by Gasteiger charge is -2.38. The summed E-state index contributed by atoms with van der Waals surface area (Å²) in [6, 6.07) is 19.3. The molecule has 3 rings (SSSR count). The van der Waals surface area contributed by atoms with Crippen LogP contribution in [0, 0.1) is 0 Å². The normalized spacial score (nSPS) is 19.0. The monoisotopic (exact) mass is 355 g/mol. The van der Waals surface area contributed by atoms with Crippen LogP contribution in [0.15, 0.2) is 60.7 Å². The third kappa shape index (κ3) is 4.33. The minimum atomic E-state index is -1.22. The smallest absolute Gasteiger partial charge is 0.225 e. The minimum Gasteiger partial charge on any atom is -0.382 e. The molecule has 0 radical (unpaired) electrons. The molecule has 0 amide bonds. The highest BCUT2D eigenvalue weighted by molar-refractivity contribution is 5.27. The van der Waals surface area contributed by atoms with E-state index >= 15 is 0 Å². The van der Waals surface area contributed by atoms with Crippen LogP contribution in [0.25, 0.3) is 0 Å². The molecule has 4 heteroatoms. The Hall–Kier alpha value is -1.72. The van der Waals surface area contributed by atoms with Crippen LogP contribution in [0.1, 0.15) is 36.5 Å². The van der Waals surface area contributed by atoms with E-state index in [-0.39, 0.29) is 0 Å². The molecule has 1 saturated heterocycles. The topological polar surface area (TPSA) is 41.9 Å². The predicted octanol–water partition coefficient (Wildman–Crippen LogP) is 3.72. The van der Waals surface area contributed by atoms with Crippen molar-refractivity contribution >= 4 is 0 Å². The van der Waals surface area contributed by atoms with E-state index in [9.17, 15) is 5.11 Å². The van der Waals surface area contributed by atoms with Crippen LogP contribution >= 0.6 is 0 Å². The number of hydrogen-bond acceptors (Lipinski definition) is 4. The molecule has 1 aliphatic rings. The van der Waals surface area contributed by atoms with Crippen molar-refractivity contribution in [2.24, 2.45) is 0 Å². The summed E-state index contributed by atoms with van der Waals surface area (Å²) in [5, 5.41) is 11.2. The summed E-state index contributed by atoms with van der Waals surface area (Å²) in [6.45, 7) is 3.60. The van der Waals surface area contributed by atoms with Crippen molar-refractivity contribution in [3.05, 3.63) is 71.8 Å². The first-order valence-corrected chi connectivity index (χ1v) is 9.46. The van der Waals surface area contributed by atoms with Crippen LogP contribution in [0.4, 0.5) is 0 Å². The standard InChI is InChI=1S/C22H29NO3/c1-25-22(20-13-7-3-8-14-20,21(24)19-11-5-2-6-12-19)26-18-17-23-15-9-4-10-16-23/h2-3,5-8,11-14,21,24H,4,9-10,15-18H2,1H3. The molecule has 2 aromatic rings. The van der Waals surface area contributed by atoms with Gasteiger partial charge in [-0.2, -0.15) is 0 Å². The first-order valence-electron chi connectivity index (χ1n) is 9.46. The van der Waals surface area contributed by atoms with E-state index < -0.39 is 11.9 Å². The predicted molar refractivity (Wildman–Crippen MR) is 103 cm³/mol. The summed E-state index contributed by atoms with van der Waals surface area (Å²) in [5.41, 5.74) is 1.59. The second-order valence-corrected chi connectivity index (χ2v) is 6.80. The average molecular weight is 355 g/mol. The number of likely N-dealkylation sites (tertiary alicyclic amines) is 1. The molecule has 0 bridgehead atoms. The van der Waals surface area contributed by atoms with Crippen molar-refractivity contribution in [2.45, 2.75) is 31.2 Å². The van der Waals surface area contributed by atoms with Gasteiger partial charge in [0.05, 0.1) is 6.61 Å². The van der Waals surface area contributed by atoms with Crippen LogP contribution < -0.4 is 0 Å². The molecule has 140 valence electrons. The fraction of sp³-hybridized carbons (Fsp3) is 0.455. The second kappa shape index (κ2) is 9.28. The van der Waals surface area contributed by atoms with E-state index in [2.05, 4.69) is 4.90 Å². The molecule has 1 aliphatic heterocycles. The zero-order valence-electron chi connectivity index (χ0n) is 15.5. The van der Waals surface area contributed by atoms with Gasteiger partial charge in [0, 0.05) is 19.2 Å². The number of hydrogen-bond donors (Lipinski definition) is 1. The summed E-state index contributed by atoms with van der Waals surface area (Å²) in [5.74, 6) is -1.22. The van der Waals surface area contributed by atoms with Crippen LogP contribution in [0.2, 0.25) is 0 Å². The number of nitrogens with zero attached hydrogens (tertiary/aromatic N) is 1. The first kappa shape index (κ1) is 19.1. The van der Waals surface area contributed by atoms with Gasteiger partial charge in [0.1, 0.15) is 6.10 Å². The van der Waals surface area contributed by atoms with Crippen molar-refractivity contribution < 1.29 is 14.6 Å². The fourth-order valence-corrected chi connectivity index (χ4v) is 3.64. The van der Waals surface area contributed by atoms with Crippen LogP contribution in [-0.4, -0.2) is 43.4 Å². The van der Waals surface area contributed by atoms with Crippen molar-refractivity contribution in [1.29, 1.82) is 0 Å². The molecule has 1 heterocycles. The molecule has 0 aliphatic carbocycles. The number of aliphatic hydroxyl groups is 1. The Morgan fingerprint density at radius 2 is 1.58 bits per heavy atom. The Balaban J connectivity index is 1.80. The van der Waals surface area contributed by atoms with Gasteiger partial charge in [-0.15, -0.1) is 0 Å².